The summed E-state index contributed by atoms with van der Waals surface area (Å²) in [6.07, 6.45) is 5.01. The third-order valence-electron chi connectivity index (χ3n) is 3.59. The molecule has 1 unspecified atom stereocenters. The Morgan fingerprint density at radius 2 is 1.88 bits per heavy atom. The van der Waals surface area contributed by atoms with Crippen molar-refractivity contribution in [2.75, 3.05) is 6.54 Å². The quantitative estimate of drug-likeness (QED) is 0.670. The fourth-order valence-corrected chi connectivity index (χ4v) is 1.91. The molecule has 0 aromatic heterocycles. The van der Waals surface area contributed by atoms with Crippen LogP contribution in [-0.4, -0.2) is 18.5 Å². The molecule has 1 amide bonds. The van der Waals surface area contributed by atoms with Crippen LogP contribution in [0.1, 0.15) is 59.8 Å². The molecule has 0 saturated carbocycles. The molecule has 3 nitrogen and oxygen atoms in total. The Labute approximate surface area is 100 Å². The molecule has 0 spiro atoms. The Kier molecular flexibility index (Phi) is 7.39. The average molecular weight is 228 g/mol. The van der Waals surface area contributed by atoms with Crippen molar-refractivity contribution >= 4 is 5.91 Å². The summed E-state index contributed by atoms with van der Waals surface area (Å²) >= 11 is 0. The van der Waals surface area contributed by atoms with E-state index in [0.29, 0.717) is 6.54 Å². The van der Waals surface area contributed by atoms with Gasteiger partial charge < -0.3 is 11.1 Å². The number of amides is 1. The predicted octanol–water partition coefficient (Wildman–Crippen LogP) is 2.45. The maximum absolute atomic E-state index is 12.1. The van der Waals surface area contributed by atoms with Crippen molar-refractivity contribution in [1.82, 2.24) is 5.32 Å². The van der Waals surface area contributed by atoms with Gasteiger partial charge in [-0.15, -0.1) is 0 Å². The minimum absolute atomic E-state index is 0.128. The first-order valence-electron chi connectivity index (χ1n) is 6.57. The van der Waals surface area contributed by atoms with Crippen molar-refractivity contribution in [3.63, 3.8) is 0 Å². The molecule has 1 atom stereocenters. The SMILES string of the molecule is CCCCC(C)NC(=O)C(CC)(CC)CN. The van der Waals surface area contributed by atoms with Crippen LogP contribution in [-0.2, 0) is 4.79 Å². The zero-order valence-electron chi connectivity index (χ0n) is 11.3. The Balaban J connectivity index is 4.30. The fourth-order valence-electron chi connectivity index (χ4n) is 1.91. The van der Waals surface area contributed by atoms with Gasteiger partial charge in [-0.25, -0.2) is 0 Å². The molecule has 16 heavy (non-hydrogen) atoms. The van der Waals surface area contributed by atoms with Gasteiger partial charge in [-0.1, -0.05) is 33.6 Å². The summed E-state index contributed by atoms with van der Waals surface area (Å²) in [5.41, 5.74) is 5.38. The molecule has 0 aliphatic heterocycles. The summed E-state index contributed by atoms with van der Waals surface area (Å²) < 4.78 is 0. The molecule has 0 aromatic rings. The van der Waals surface area contributed by atoms with Gasteiger partial charge in [0.05, 0.1) is 5.41 Å². The third kappa shape index (κ3) is 4.12. The number of hydrogen-bond donors (Lipinski definition) is 2. The van der Waals surface area contributed by atoms with E-state index in [1.165, 1.54) is 6.42 Å². The zero-order chi connectivity index (χ0) is 12.6. The van der Waals surface area contributed by atoms with E-state index in [9.17, 15) is 4.79 Å². The lowest BCUT2D eigenvalue weighted by Crippen LogP contribution is -2.48. The maximum Gasteiger partial charge on any atom is 0.227 e. The van der Waals surface area contributed by atoms with Gasteiger partial charge in [0.25, 0.3) is 0 Å². The van der Waals surface area contributed by atoms with Gasteiger partial charge in [-0.3, -0.25) is 4.79 Å². The lowest BCUT2D eigenvalue weighted by molar-refractivity contribution is -0.131. The van der Waals surface area contributed by atoms with Gasteiger partial charge in [0.1, 0.15) is 0 Å². The van der Waals surface area contributed by atoms with Crippen molar-refractivity contribution in [1.29, 1.82) is 0 Å². The standard InChI is InChI=1S/C13H28N2O/c1-5-8-9-11(4)15-12(16)13(6-2,7-3)10-14/h11H,5-10,14H2,1-4H3,(H,15,16). The average Bonchev–Trinajstić information content (AvgIpc) is 2.29. The number of carbonyl (C=O) groups is 1. The van der Waals surface area contributed by atoms with Crippen LogP contribution in [0.15, 0.2) is 0 Å². The van der Waals surface area contributed by atoms with E-state index >= 15 is 0 Å². The second-order valence-electron chi connectivity index (χ2n) is 4.71. The summed E-state index contributed by atoms with van der Waals surface area (Å²) in [4.78, 5) is 12.1. The van der Waals surface area contributed by atoms with Crippen LogP contribution in [0.25, 0.3) is 0 Å². The Morgan fingerprint density at radius 1 is 1.31 bits per heavy atom. The number of hydrogen-bond acceptors (Lipinski definition) is 2. The number of unbranched alkanes of at least 4 members (excludes halogenated alkanes) is 1. The highest BCUT2D eigenvalue weighted by Gasteiger charge is 2.33. The Morgan fingerprint density at radius 3 is 2.25 bits per heavy atom. The number of rotatable bonds is 8. The fraction of sp³-hybridized carbons (Fsp3) is 0.923. The molecular formula is C13H28N2O. The number of nitrogens with one attached hydrogen (secondary N) is 1. The predicted molar refractivity (Wildman–Crippen MR) is 69.2 cm³/mol. The zero-order valence-corrected chi connectivity index (χ0v) is 11.3. The molecule has 96 valence electrons. The van der Waals surface area contributed by atoms with Gasteiger partial charge in [0.15, 0.2) is 0 Å². The summed E-state index contributed by atoms with van der Waals surface area (Å²) in [7, 11) is 0. The summed E-state index contributed by atoms with van der Waals surface area (Å²) in [5, 5.41) is 3.09. The number of carbonyl (C=O) groups excluding carboxylic acids is 1. The largest absolute Gasteiger partial charge is 0.353 e. The lowest BCUT2D eigenvalue weighted by Gasteiger charge is -2.30. The van der Waals surface area contributed by atoms with Crippen molar-refractivity contribution in [2.45, 2.75) is 65.8 Å². The monoisotopic (exact) mass is 228 g/mol. The molecule has 0 heterocycles. The van der Waals surface area contributed by atoms with E-state index in [-0.39, 0.29) is 17.4 Å². The first kappa shape index (κ1) is 15.4. The van der Waals surface area contributed by atoms with Gasteiger partial charge in [0, 0.05) is 12.6 Å². The van der Waals surface area contributed by atoms with Gasteiger partial charge in [-0.05, 0) is 26.2 Å². The summed E-state index contributed by atoms with van der Waals surface area (Å²) in [6, 6.07) is 0.261. The Hall–Kier alpha value is -0.570. The van der Waals surface area contributed by atoms with Crippen molar-refractivity contribution in [3.05, 3.63) is 0 Å². The van der Waals surface area contributed by atoms with Crippen molar-refractivity contribution in [2.24, 2.45) is 11.1 Å². The van der Waals surface area contributed by atoms with Crippen LogP contribution in [0.5, 0.6) is 0 Å². The highest BCUT2D eigenvalue weighted by Crippen LogP contribution is 2.25. The summed E-state index contributed by atoms with van der Waals surface area (Å²) in [5.74, 6) is 0.128. The molecule has 0 fully saturated rings. The number of nitrogens with two attached hydrogens (primary N) is 1. The van der Waals surface area contributed by atoms with Crippen molar-refractivity contribution < 1.29 is 4.79 Å². The van der Waals surface area contributed by atoms with Crippen LogP contribution in [0.3, 0.4) is 0 Å². The van der Waals surface area contributed by atoms with E-state index in [2.05, 4.69) is 19.2 Å². The molecule has 3 N–H and O–H groups in total. The second kappa shape index (κ2) is 7.66. The third-order valence-corrected chi connectivity index (χ3v) is 3.59. The van der Waals surface area contributed by atoms with E-state index in [1.807, 2.05) is 13.8 Å². The van der Waals surface area contributed by atoms with Crippen molar-refractivity contribution in [3.8, 4) is 0 Å². The molecule has 0 rings (SSSR count). The second-order valence-corrected chi connectivity index (χ2v) is 4.71. The summed E-state index contributed by atoms with van der Waals surface area (Å²) in [6.45, 7) is 8.74. The van der Waals surface area contributed by atoms with E-state index in [1.54, 1.807) is 0 Å². The van der Waals surface area contributed by atoms with E-state index in [4.69, 9.17) is 5.73 Å². The lowest BCUT2D eigenvalue weighted by atomic mass is 9.81. The molecular weight excluding hydrogens is 200 g/mol. The molecule has 0 bridgehead atoms. The van der Waals surface area contributed by atoms with Gasteiger partial charge in [0.2, 0.25) is 5.91 Å². The molecule has 0 aliphatic rings. The van der Waals surface area contributed by atoms with Crippen LogP contribution >= 0.6 is 0 Å². The topological polar surface area (TPSA) is 55.1 Å². The molecule has 0 aromatic carbocycles. The highest BCUT2D eigenvalue weighted by molar-refractivity contribution is 5.83. The molecule has 0 aliphatic carbocycles. The normalized spacial score (nSPS) is 13.6. The maximum atomic E-state index is 12.1. The Bertz CT molecular complexity index is 192. The first-order chi connectivity index (χ1) is 7.56. The van der Waals surface area contributed by atoms with Gasteiger partial charge in [-0.2, -0.15) is 0 Å². The van der Waals surface area contributed by atoms with E-state index < -0.39 is 0 Å². The van der Waals surface area contributed by atoms with E-state index in [0.717, 1.165) is 25.7 Å². The van der Waals surface area contributed by atoms with Gasteiger partial charge >= 0.3 is 0 Å². The van der Waals surface area contributed by atoms with Crippen LogP contribution in [0.2, 0.25) is 0 Å². The van der Waals surface area contributed by atoms with Crippen LogP contribution in [0, 0.1) is 5.41 Å². The molecule has 3 heteroatoms. The highest BCUT2D eigenvalue weighted by atomic mass is 16.2. The van der Waals surface area contributed by atoms with Crippen LogP contribution in [0.4, 0.5) is 0 Å². The molecule has 0 radical (unpaired) electrons. The smallest absolute Gasteiger partial charge is 0.227 e. The first-order valence-corrected chi connectivity index (χ1v) is 6.57. The minimum Gasteiger partial charge on any atom is -0.353 e. The minimum atomic E-state index is -0.361. The molecule has 0 saturated heterocycles. The van der Waals surface area contributed by atoms with Crippen LogP contribution < -0.4 is 11.1 Å².